The Bertz CT molecular complexity index is 1100. The lowest BCUT2D eigenvalue weighted by Crippen LogP contribution is -2.43. The zero-order valence-electron chi connectivity index (χ0n) is 17.1. The molecule has 0 saturated heterocycles. The zero-order valence-corrected chi connectivity index (χ0v) is 17.1. The molecule has 0 bridgehead atoms. The normalized spacial score (nSPS) is 12.0. The van der Waals surface area contributed by atoms with Crippen molar-refractivity contribution >= 4 is 23.2 Å². The minimum Gasteiger partial charge on any atom is -0.497 e. The molecule has 168 valence electrons. The van der Waals surface area contributed by atoms with Crippen molar-refractivity contribution in [2.24, 2.45) is 0 Å². The van der Waals surface area contributed by atoms with Crippen LogP contribution in [0, 0.1) is 0 Å². The van der Waals surface area contributed by atoms with Gasteiger partial charge in [0.15, 0.2) is 5.76 Å². The van der Waals surface area contributed by atoms with E-state index in [0.717, 1.165) is 12.1 Å². The first kappa shape index (κ1) is 22.7. The molecule has 1 atom stereocenters. The lowest BCUT2D eigenvalue weighted by atomic mass is 10.00. The topological polar surface area (TPSA) is 92.6 Å². The molecule has 7 nitrogen and oxygen atoms in total. The van der Waals surface area contributed by atoms with Crippen LogP contribution in [0.4, 0.5) is 24.5 Å². The highest BCUT2D eigenvalue weighted by molar-refractivity contribution is 5.93. The molecule has 2 amide bonds. The number of rotatable bonds is 6. The van der Waals surface area contributed by atoms with E-state index in [-0.39, 0.29) is 17.2 Å². The minimum atomic E-state index is -4.53. The van der Waals surface area contributed by atoms with E-state index in [4.69, 9.17) is 9.15 Å². The Kier molecular flexibility index (Phi) is 6.72. The first-order chi connectivity index (χ1) is 15.2. The predicted molar refractivity (Wildman–Crippen MR) is 110 cm³/mol. The molecule has 32 heavy (non-hydrogen) atoms. The molecule has 10 heteroatoms. The summed E-state index contributed by atoms with van der Waals surface area (Å²) in [5.41, 5.74) is 4.95. The highest BCUT2D eigenvalue weighted by Gasteiger charge is 2.31. The van der Waals surface area contributed by atoms with Gasteiger partial charge in [-0.3, -0.25) is 20.4 Å². The number of hydrogen-bond donors (Lipinski definition) is 3. The van der Waals surface area contributed by atoms with Crippen molar-refractivity contribution in [2.45, 2.75) is 19.0 Å². The Labute approximate surface area is 181 Å². The van der Waals surface area contributed by atoms with Gasteiger partial charge in [-0.25, -0.2) is 0 Å². The summed E-state index contributed by atoms with van der Waals surface area (Å²) in [5, 5.41) is 2.90. The third-order valence-corrected chi connectivity index (χ3v) is 4.58. The summed E-state index contributed by atoms with van der Waals surface area (Å²) in [5.74, 6) is -1.66. The number of benzene rings is 2. The fraction of sp³-hybridized carbons (Fsp3) is 0.182. The van der Waals surface area contributed by atoms with Gasteiger partial charge in [-0.15, -0.1) is 0 Å². The summed E-state index contributed by atoms with van der Waals surface area (Å²) in [6.45, 7) is 1.63. The average molecular weight is 447 g/mol. The molecule has 3 rings (SSSR count). The lowest BCUT2D eigenvalue weighted by molar-refractivity contribution is -0.137. The van der Waals surface area contributed by atoms with Crippen LogP contribution in [-0.4, -0.2) is 18.9 Å². The van der Waals surface area contributed by atoms with Crippen LogP contribution in [0.5, 0.6) is 5.75 Å². The van der Waals surface area contributed by atoms with Crippen molar-refractivity contribution in [3.05, 3.63) is 77.7 Å². The molecule has 1 aromatic heterocycles. The van der Waals surface area contributed by atoms with Crippen molar-refractivity contribution in [1.82, 2.24) is 10.9 Å². The number of carbonyl (C=O) groups is 2. The third-order valence-electron chi connectivity index (χ3n) is 4.58. The van der Waals surface area contributed by atoms with Crippen LogP contribution in [0.1, 0.15) is 34.5 Å². The number of amides is 2. The van der Waals surface area contributed by atoms with Crippen LogP contribution < -0.4 is 20.9 Å². The highest BCUT2D eigenvalue weighted by atomic mass is 19.4. The van der Waals surface area contributed by atoms with Gasteiger partial charge in [-0.2, -0.15) is 13.2 Å². The van der Waals surface area contributed by atoms with Crippen molar-refractivity contribution in [1.29, 1.82) is 0 Å². The average Bonchev–Trinajstić information content (AvgIpc) is 3.31. The van der Waals surface area contributed by atoms with Gasteiger partial charge in [-0.1, -0.05) is 12.1 Å². The lowest BCUT2D eigenvalue weighted by Gasteiger charge is -2.16. The van der Waals surface area contributed by atoms with E-state index in [1.807, 2.05) is 0 Å². The van der Waals surface area contributed by atoms with Gasteiger partial charge < -0.3 is 14.5 Å². The number of nitrogens with one attached hydrogen (secondary N) is 3. The van der Waals surface area contributed by atoms with E-state index in [1.165, 1.54) is 31.6 Å². The second-order valence-corrected chi connectivity index (χ2v) is 6.84. The number of furan rings is 1. The number of hydrogen-bond acceptors (Lipinski definition) is 5. The third kappa shape index (κ3) is 5.60. The number of carbonyl (C=O) groups excluding carboxylic acids is 2. The SMILES string of the molecule is COc1cc(Nc2cccc(C(C)C(=O)NNC(=O)c3ccco3)c2)cc(C(F)(F)F)c1. The molecule has 0 spiro atoms. The maximum absolute atomic E-state index is 13.1. The minimum absolute atomic E-state index is 0.0423. The molecule has 1 unspecified atom stereocenters. The van der Waals surface area contributed by atoms with Crippen molar-refractivity contribution < 1.29 is 31.9 Å². The molecule has 3 aromatic rings. The fourth-order valence-corrected chi connectivity index (χ4v) is 2.85. The summed E-state index contributed by atoms with van der Waals surface area (Å²) < 4.78 is 49.3. The number of alkyl halides is 3. The smallest absolute Gasteiger partial charge is 0.416 e. The first-order valence-corrected chi connectivity index (χ1v) is 9.44. The maximum Gasteiger partial charge on any atom is 0.416 e. The monoisotopic (exact) mass is 447 g/mol. The Morgan fingerprint density at radius 2 is 1.78 bits per heavy atom. The van der Waals surface area contributed by atoms with Gasteiger partial charge in [0, 0.05) is 17.4 Å². The first-order valence-electron chi connectivity index (χ1n) is 9.44. The van der Waals surface area contributed by atoms with Gasteiger partial charge in [0.25, 0.3) is 0 Å². The number of halogens is 3. The number of anilines is 2. The zero-order chi connectivity index (χ0) is 23.3. The van der Waals surface area contributed by atoms with E-state index in [1.54, 1.807) is 31.2 Å². The Hall–Kier alpha value is -3.95. The number of hydrazine groups is 1. The molecule has 3 N–H and O–H groups in total. The molecule has 0 aliphatic carbocycles. The quantitative estimate of drug-likeness (QED) is 0.480. The second-order valence-electron chi connectivity index (χ2n) is 6.84. The molecule has 1 heterocycles. The maximum atomic E-state index is 13.1. The van der Waals surface area contributed by atoms with Gasteiger partial charge in [-0.05, 0) is 48.9 Å². The molecular formula is C22H20F3N3O4. The Balaban J connectivity index is 1.71. The number of ether oxygens (including phenoxy) is 1. The molecule has 0 saturated carbocycles. The summed E-state index contributed by atoms with van der Waals surface area (Å²) in [6.07, 6.45) is -3.20. The van der Waals surface area contributed by atoms with Gasteiger partial charge >= 0.3 is 12.1 Å². The van der Waals surface area contributed by atoms with Crippen molar-refractivity contribution in [3.63, 3.8) is 0 Å². The summed E-state index contributed by atoms with van der Waals surface area (Å²) in [7, 11) is 1.28. The van der Waals surface area contributed by atoms with Crippen LogP contribution in [0.25, 0.3) is 0 Å². The molecule has 2 aromatic carbocycles. The van der Waals surface area contributed by atoms with E-state index in [0.29, 0.717) is 11.3 Å². The predicted octanol–water partition coefficient (Wildman–Crippen LogP) is 4.62. The van der Waals surface area contributed by atoms with Crippen LogP contribution in [0.15, 0.2) is 65.3 Å². The summed E-state index contributed by atoms with van der Waals surface area (Å²) in [4.78, 5) is 24.3. The van der Waals surface area contributed by atoms with E-state index < -0.39 is 29.5 Å². The molecule has 0 aliphatic rings. The second kappa shape index (κ2) is 9.46. The van der Waals surface area contributed by atoms with Gasteiger partial charge in [0.2, 0.25) is 5.91 Å². The Morgan fingerprint density at radius 3 is 2.44 bits per heavy atom. The van der Waals surface area contributed by atoms with Crippen LogP contribution >= 0.6 is 0 Å². The highest BCUT2D eigenvalue weighted by Crippen LogP contribution is 2.35. The van der Waals surface area contributed by atoms with Crippen LogP contribution in [0.3, 0.4) is 0 Å². The number of methoxy groups -OCH3 is 1. The van der Waals surface area contributed by atoms with Gasteiger partial charge in [0.05, 0.1) is 24.9 Å². The standard InChI is InChI=1S/C22H20F3N3O4/c1-13(20(29)27-28-21(30)19-7-4-8-32-19)14-5-3-6-16(9-14)26-17-10-15(22(23,24)25)11-18(12-17)31-2/h3-13,26H,1-2H3,(H,27,29)(H,28,30). The fourth-order valence-electron chi connectivity index (χ4n) is 2.85. The molecule has 0 fully saturated rings. The van der Waals surface area contributed by atoms with Gasteiger partial charge in [0.1, 0.15) is 5.75 Å². The largest absolute Gasteiger partial charge is 0.497 e. The van der Waals surface area contributed by atoms with E-state index in [9.17, 15) is 22.8 Å². The Morgan fingerprint density at radius 1 is 1.00 bits per heavy atom. The summed E-state index contributed by atoms with van der Waals surface area (Å²) >= 11 is 0. The molecule has 0 aliphatic heterocycles. The molecular weight excluding hydrogens is 427 g/mol. The van der Waals surface area contributed by atoms with Crippen LogP contribution in [-0.2, 0) is 11.0 Å². The summed E-state index contributed by atoms with van der Waals surface area (Å²) in [6, 6.07) is 12.9. The van der Waals surface area contributed by atoms with E-state index >= 15 is 0 Å². The van der Waals surface area contributed by atoms with Crippen molar-refractivity contribution in [2.75, 3.05) is 12.4 Å². The van der Waals surface area contributed by atoms with Crippen LogP contribution in [0.2, 0.25) is 0 Å². The molecule has 0 radical (unpaired) electrons. The van der Waals surface area contributed by atoms with Crippen molar-refractivity contribution in [3.8, 4) is 5.75 Å². The van der Waals surface area contributed by atoms with E-state index in [2.05, 4.69) is 16.2 Å².